The van der Waals surface area contributed by atoms with Crippen LogP contribution in [0.4, 0.5) is 4.39 Å². The zero-order valence-corrected chi connectivity index (χ0v) is 4.67. The first-order chi connectivity index (χ1) is 3.75. The molecule has 0 spiro atoms. The fourth-order valence-corrected chi connectivity index (χ4v) is 0.652. The van der Waals surface area contributed by atoms with Gasteiger partial charge in [0.15, 0.2) is 0 Å². The standard InChI is InChI=1S/C5H8FNO/c1-7(3-8)5-2-4(5)6/h3-5H,2H2,1H3. The highest BCUT2D eigenvalue weighted by Gasteiger charge is 2.40. The number of hydrogen-bond acceptors (Lipinski definition) is 1. The van der Waals surface area contributed by atoms with Gasteiger partial charge in [0.2, 0.25) is 6.41 Å². The van der Waals surface area contributed by atoms with Crippen molar-refractivity contribution in [2.24, 2.45) is 0 Å². The quantitative estimate of drug-likeness (QED) is 0.472. The Balaban J connectivity index is 2.27. The molecule has 0 heterocycles. The number of carbonyl (C=O) groups excluding carboxylic acids is 1. The lowest BCUT2D eigenvalue weighted by atomic mass is 10.6. The van der Waals surface area contributed by atoms with E-state index >= 15 is 0 Å². The zero-order chi connectivity index (χ0) is 6.15. The molecule has 0 aromatic heterocycles. The van der Waals surface area contributed by atoms with Crippen molar-refractivity contribution < 1.29 is 9.18 Å². The highest BCUT2D eigenvalue weighted by molar-refractivity contribution is 5.48. The summed E-state index contributed by atoms with van der Waals surface area (Å²) in [5.41, 5.74) is 0. The number of halogens is 1. The fraction of sp³-hybridized carbons (Fsp3) is 0.800. The van der Waals surface area contributed by atoms with Crippen molar-refractivity contribution in [3.63, 3.8) is 0 Å². The maximum atomic E-state index is 12.0. The van der Waals surface area contributed by atoms with Gasteiger partial charge in [-0.05, 0) is 0 Å². The van der Waals surface area contributed by atoms with Gasteiger partial charge >= 0.3 is 0 Å². The van der Waals surface area contributed by atoms with Crippen LogP contribution in [0.1, 0.15) is 6.42 Å². The van der Waals surface area contributed by atoms with E-state index < -0.39 is 6.17 Å². The first-order valence-corrected chi connectivity index (χ1v) is 2.57. The molecule has 1 saturated carbocycles. The van der Waals surface area contributed by atoms with E-state index in [0.29, 0.717) is 12.8 Å². The summed E-state index contributed by atoms with van der Waals surface area (Å²) < 4.78 is 12.0. The lowest BCUT2D eigenvalue weighted by Crippen LogP contribution is -2.19. The van der Waals surface area contributed by atoms with Gasteiger partial charge in [0.1, 0.15) is 6.17 Å². The van der Waals surface area contributed by atoms with Crippen LogP contribution in [-0.2, 0) is 4.79 Å². The second kappa shape index (κ2) is 1.73. The van der Waals surface area contributed by atoms with Crippen molar-refractivity contribution in [2.45, 2.75) is 18.6 Å². The van der Waals surface area contributed by atoms with Crippen molar-refractivity contribution in [3.8, 4) is 0 Å². The largest absolute Gasteiger partial charge is 0.342 e. The number of rotatable bonds is 2. The van der Waals surface area contributed by atoms with E-state index in [1.54, 1.807) is 7.05 Å². The Labute approximate surface area is 47.3 Å². The number of hydrogen-bond donors (Lipinski definition) is 0. The molecule has 0 N–H and O–H groups in total. The van der Waals surface area contributed by atoms with Crippen LogP contribution in [0.2, 0.25) is 0 Å². The molecule has 1 amide bonds. The van der Waals surface area contributed by atoms with Crippen molar-refractivity contribution in [2.75, 3.05) is 7.05 Å². The smallest absolute Gasteiger partial charge is 0.209 e. The molecule has 2 nitrogen and oxygen atoms in total. The predicted octanol–water partition coefficient (Wildman–Crippen LogP) is 0.185. The second-order valence-corrected chi connectivity index (χ2v) is 2.09. The van der Waals surface area contributed by atoms with Crippen LogP contribution in [0, 0.1) is 0 Å². The summed E-state index contributed by atoms with van der Waals surface area (Å²) in [5.74, 6) is 0. The molecule has 0 aromatic carbocycles. The summed E-state index contributed by atoms with van der Waals surface area (Å²) in [4.78, 5) is 11.3. The van der Waals surface area contributed by atoms with Crippen LogP contribution >= 0.6 is 0 Å². The monoisotopic (exact) mass is 117 g/mol. The number of amides is 1. The Hall–Kier alpha value is -0.600. The minimum atomic E-state index is -0.759. The van der Waals surface area contributed by atoms with Crippen molar-refractivity contribution in [1.82, 2.24) is 4.90 Å². The number of alkyl halides is 1. The van der Waals surface area contributed by atoms with E-state index in [-0.39, 0.29) is 6.04 Å². The molecule has 0 aliphatic heterocycles. The average Bonchev–Trinajstić information content (AvgIpc) is 2.45. The van der Waals surface area contributed by atoms with Crippen LogP contribution in [0.3, 0.4) is 0 Å². The summed E-state index contributed by atoms with van der Waals surface area (Å²) in [6.45, 7) is 0. The van der Waals surface area contributed by atoms with E-state index in [2.05, 4.69) is 0 Å². The van der Waals surface area contributed by atoms with E-state index in [9.17, 15) is 9.18 Å². The minimum absolute atomic E-state index is 0.118. The maximum Gasteiger partial charge on any atom is 0.209 e. The molecule has 0 saturated heterocycles. The molecular weight excluding hydrogens is 109 g/mol. The Morgan fingerprint density at radius 1 is 1.88 bits per heavy atom. The molecule has 1 rings (SSSR count). The Kier molecular flexibility index (Phi) is 1.19. The molecule has 2 atom stereocenters. The first kappa shape index (κ1) is 5.54. The molecule has 0 radical (unpaired) electrons. The summed E-state index contributed by atoms with van der Waals surface area (Å²) in [6.07, 6.45) is 0.421. The molecule has 1 aliphatic carbocycles. The van der Waals surface area contributed by atoms with Gasteiger partial charge < -0.3 is 4.90 Å². The van der Waals surface area contributed by atoms with Crippen LogP contribution in [0.25, 0.3) is 0 Å². The van der Waals surface area contributed by atoms with Crippen molar-refractivity contribution in [3.05, 3.63) is 0 Å². The van der Waals surface area contributed by atoms with Crippen LogP contribution < -0.4 is 0 Å². The molecular formula is C5H8FNO. The molecule has 46 valence electrons. The molecule has 0 aromatic rings. The zero-order valence-electron chi connectivity index (χ0n) is 4.67. The Bertz CT molecular complexity index is 107. The summed E-state index contributed by atoms with van der Waals surface area (Å²) in [7, 11) is 1.59. The third-order valence-electron chi connectivity index (χ3n) is 1.37. The number of carbonyl (C=O) groups is 1. The van der Waals surface area contributed by atoms with E-state index in [0.717, 1.165) is 0 Å². The minimum Gasteiger partial charge on any atom is -0.342 e. The highest BCUT2D eigenvalue weighted by atomic mass is 19.1. The second-order valence-electron chi connectivity index (χ2n) is 2.09. The van der Waals surface area contributed by atoms with Gasteiger partial charge in [0.05, 0.1) is 6.04 Å². The van der Waals surface area contributed by atoms with Crippen LogP contribution in [0.5, 0.6) is 0 Å². The van der Waals surface area contributed by atoms with Gasteiger partial charge in [-0.15, -0.1) is 0 Å². The fourth-order valence-electron chi connectivity index (χ4n) is 0.652. The van der Waals surface area contributed by atoms with Crippen LogP contribution in [-0.4, -0.2) is 30.6 Å². The molecule has 1 fully saturated rings. The predicted molar refractivity (Wildman–Crippen MR) is 27.1 cm³/mol. The van der Waals surface area contributed by atoms with Crippen molar-refractivity contribution >= 4 is 6.41 Å². The summed E-state index contributed by atoms with van der Waals surface area (Å²) >= 11 is 0. The third kappa shape index (κ3) is 0.804. The SMILES string of the molecule is CN(C=O)C1CC1F. The molecule has 8 heavy (non-hydrogen) atoms. The van der Waals surface area contributed by atoms with Gasteiger partial charge in [0, 0.05) is 13.5 Å². The average molecular weight is 117 g/mol. The lowest BCUT2D eigenvalue weighted by molar-refractivity contribution is -0.117. The summed E-state index contributed by atoms with van der Waals surface area (Å²) in [6, 6.07) is -0.118. The third-order valence-corrected chi connectivity index (χ3v) is 1.37. The Morgan fingerprint density at radius 3 is 2.50 bits per heavy atom. The van der Waals surface area contributed by atoms with E-state index in [1.807, 2.05) is 0 Å². The normalized spacial score (nSPS) is 34.2. The van der Waals surface area contributed by atoms with Crippen molar-refractivity contribution in [1.29, 1.82) is 0 Å². The van der Waals surface area contributed by atoms with Crippen LogP contribution in [0.15, 0.2) is 0 Å². The maximum absolute atomic E-state index is 12.0. The number of nitrogens with zero attached hydrogens (tertiary/aromatic N) is 1. The van der Waals surface area contributed by atoms with Gasteiger partial charge in [-0.2, -0.15) is 0 Å². The lowest BCUT2D eigenvalue weighted by Gasteiger charge is -2.05. The first-order valence-electron chi connectivity index (χ1n) is 2.57. The highest BCUT2D eigenvalue weighted by Crippen LogP contribution is 2.28. The Morgan fingerprint density at radius 2 is 2.38 bits per heavy atom. The van der Waals surface area contributed by atoms with Gasteiger partial charge in [-0.25, -0.2) is 4.39 Å². The topological polar surface area (TPSA) is 20.3 Å². The molecule has 3 heteroatoms. The molecule has 0 bridgehead atoms. The van der Waals surface area contributed by atoms with E-state index in [1.165, 1.54) is 4.90 Å². The van der Waals surface area contributed by atoms with E-state index in [4.69, 9.17) is 0 Å². The van der Waals surface area contributed by atoms with Gasteiger partial charge in [0.25, 0.3) is 0 Å². The van der Waals surface area contributed by atoms with Gasteiger partial charge in [-0.1, -0.05) is 0 Å². The van der Waals surface area contributed by atoms with Gasteiger partial charge in [-0.3, -0.25) is 4.79 Å². The molecule has 2 unspecified atom stereocenters. The molecule has 1 aliphatic rings. The summed E-state index contributed by atoms with van der Waals surface area (Å²) in [5, 5.41) is 0.